The summed E-state index contributed by atoms with van der Waals surface area (Å²) in [5.74, 6) is 4.81. The molecule has 104 valence electrons. The molecule has 0 radical (unpaired) electrons. The predicted octanol–water partition coefficient (Wildman–Crippen LogP) is -0.235. The third-order valence-corrected chi connectivity index (χ3v) is 3.45. The summed E-state index contributed by atoms with van der Waals surface area (Å²) in [6.45, 7) is 1.29. The van der Waals surface area contributed by atoms with Crippen LogP contribution < -0.4 is 11.3 Å². The number of carbonyl (C=O) groups is 2. The lowest BCUT2D eigenvalue weighted by atomic mass is 9.96. The van der Waals surface area contributed by atoms with Crippen LogP contribution in [0.3, 0.4) is 0 Å². The molecule has 2 rings (SSSR count). The lowest BCUT2D eigenvalue weighted by Gasteiger charge is -2.31. The van der Waals surface area contributed by atoms with Crippen molar-refractivity contribution in [1.82, 2.24) is 20.1 Å². The van der Waals surface area contributed by atoms with E-state index in [9.17, 15) is 9.59 Å². The van der Waals surface area contributed by atoms with Crippen LogP contribution in [0.4, 0.5) is 0 Å². The number of aromatic nitrogens is 2. The molecule has 8 heteroatoms. The first-order valence-electron chi connectivity index (χ1n) is 6.06. The van der Waals surface area contributed by atoms with E-state index in [0.717, 1.165) is 0 Å². The van der Waals surface area contributed by atoms with Gasteiger partial charge >= 0.3 is 0 Å². The fraction of sp³-hybridized carbons (Fsp3) is 0.545. The van der Waals surface area contributed by atoms with Gasteiger partial charge in [0.2, 0.25) is 11.8 Å². The molecule has 1 aliphatic heterocycles. The molecular weight excluding hydrogens is 270 g/mol. The Bertz CT molecular complexity index is 467. The van der Waals surface area contributed by atoms with Crippen LogP contribution in [0, 0.1) is 5.92 Å². The van der Waals surface area contributed by atoms with Crippen molar-refractivity contribution >= 4 is 23.4 Å². The first kappa shape index (κ1) is 13.8. The van der Waals surface area contributed by atoms with Crippen LogP contribution in [0.1, 0.15) is 12.8 Å². The van der Waals surface area contributed by atoms with E-state index in [2.05, 4.69) is 10.5 Å². The minimum atomic E-state index is -0.161. The number of rotatable bonds is 3. The minimum absolute atomic E-state index is 0.0219. The third-order valence-electron chi connectivity index (χ3n) is 3.26. The highest BCUT2D eigenvalue weighted by molar-refractivity contribution is 6.30. The van der Waals surface area contributed by atoms with Crippen LogP contribution >= 0.6 is 11.6 Å². The Balaban J connectivity index is 1.84. The van der Waals surface area contributed by atoms with Gasteiger partial charge < -0.3 is 4.90 Å². The largest absolute Gasteiger partial charge is 0.341 e. The lowest BCUT2D eigenvalue weighted by molar-refractivity contribution is -0.136. The first-order valence-corrected chi connectivity index (χ1v) is 6.44. The van der Waals surface area contributed by atoms with Crippen molar-refractivity contribution in [2.45, 2.75) is 19.4 Å². The maximum absolute atomic E-state index is 12.0. The molecular formula is C11H16ClN5O2. The van der Waals surface area contributed by atoms with E-state index in [1.54, 1.807) is 11.1 Å². The van der Waals surface area contributed by atoms with Gasteiger partial charge in [-0.2, -0.15) is 5.10 Å². The number of hydrazine groups is 1. The topological polar surface area (TPSA) is 93.3 Å². The highest BCUT2D eigenvalue weighted by Crippen LogP contribution is 2.17. The number of carbonyl (C=O) groups excluding carboxylic acids is 2. The first-order chi connectivity index (χ1) is 9.10. The summed E-state index contributed by atoms with van der Waals surface area (Å²) >= 11 is 5.74. The van der Waals surface area contributed by atoms with Gasteiger partial charge in [-0.05, 0) is 12.8 Å². The summed E-state index contributed by atoms with van der Waals surface area (Å²) in [7, 11) is 0. The third kappa shape index (κ3) is 3.45. The average Bonchev–Trinajstić information content (AvgIpc) is 2.83. The maximum Gasteiger partial charge on any atom is 0.244 e. The molecule has 1 aromatic rings. The standard InChI is InChI=1S/C11H16ClN5O2/c12-9-5-14-17(6-9)7-10(18)16-3-1-8(2-4-16)11(19)15-13/h5-6,8H,1-4,7,13H2,(H,15,19). The molecule has 2 amide bonds. The van der Waals surface area contributed by atoms with E-state index in [0.29, 0.717) is 31.0 Å². The van der Waals surface area contributed by atoms with Crippen molar-refractivity contribution in [3.05, 3.63) is 17.4 Å². The van der Waals surface area contributed by atoms with Gasteiger partial charge in [0.25, 0.3) is 0 Å². The summed E-state index contributed by atoms with van der Waals surface area (Å²) in [5, 5.41) is 4.47. The second-order valence-corrected chi connectivity index (χ2v) is 4.96. The quantitative estimate of drug-likeness (QED) is 0.455. The second-order valence-electron chi connectivity index (χ2n) is 4.52. The smallest absolute Gasteiger partial charge is 0.244 e. The average molecular weight is 286 g/mol. The van der Waals surface area contributed by atoms with Gasteiger partial charge in [-0.3, -0.25) is 19.7 Å². The SMILES string of the molecule is NNC(=O)C1CCN(C(=O)Cn2cc(Cl)cn2)CC1. The number of likely N-dealkylation sites (tertiary alicyclic amines) is 1. The van der Waals surface area contributed by atoms with Gasteiger partial charge in [-0.25, -0.2) is 5.84 Å². The molecule has 0 spiro atoms. The number of hydrogen-bond acceptors (Lipinski definition) is 4. The monoisotopic (exact) mass is 285 g/mol. The van der Waals surface area contributed by atoms with Crippen molar-refractivity contribution in [3.8, 4) is 0 Å². The molecule has 1 fully saturated rings. The number of nitrogens with zero attached hydrogens (tertiary/aromatic N) is 3. The molecule has 1 saturated heterocycles. The summed E-state index contributed by atoms with van der Waals surface area (Å²) in [6, 6.07) is 0. The van der Waals surface area contributed by atoms with Crippen LogP contribution in [-0.4, -0.2) is 39.6 Å². The molecule has 0 atom stereocenters. The molecule has 0 aliphatic carbocycles. The van der Waals surface area contributed by atoms with E-state index >= 15 is 0 Å². The summed E-state index contributed by atoms with van der Waals surface area (Å²) in [4.78, 5) is 25.1. The fourth-order valence-corrected chi connectivity index (χ4v) is 2.33. The number of piperidine rings is 1. The van der Waals surface area contributed by atoms with Crippen LogP contribution in [-0.2, 0) is 16.1 Å². The van der Waals surface area contributed by atoms with E-state index in [-0.39, 0.29) is 24.3 Å². The molecule has 0 saturated carbocycles. The van der Waals surface area contributed by atoms with Gasteiger partial charge in [0.15, 0.2) is 0 Å². The van der Waals surface area contributed by atoms with Crippen molar-refractivity contribution < 1.29 is 9.59 Å². The zero-order chi connectivity index (χ0) is 13.8. The summed E-state index contributed by atoms with van der Waals surface area (Å²) in [6.07, 6.45) is 4.37. The van der Waals surface area contributed by atoms with Gasteiger partial charge in [0, 0.05) is 25.2 Å². The molecule has 2 heterocycles. The number of nitrogens with one attached hydrogen (secondary N) is 1. The minimum Gasteiger partial charge on any atom is -0.341 e. The molecule has 1 aromatic heterocycles. The maximum atomic E-state index is 12.0. The zero-order valence-corrected chi connectivity index (χ0v) is 11.1. The molecule has 3 N–H and O–H groups in total. The van der Waals surface area contributed by atoms with Crippen molar-refractivity contribution in [2.24, 2.45) is 11.8 Å². The summed E-state index contributed by atoms with van der Waals surface area (Å²) < 4.78 is 1.50. The molecule has 0 aromatic carbocycles. The molecule has 19 heavy (non-hydrogen) atoms. The molecule has 0 unspecified atom stereocenters. The number of hydrogen-bond donors (Lipinski definition) is 2. The van der Waals surface area contributed by atoms with Crippen LogP contribution in [0.15, 0.2) is 12.4 Å². The highest BCUT2D eigenvalue weighted by atomic mass is 35.5. The van der Waals surface area contributed by atoms with Crippen molar-refractivity contribution in [2.75, 3.05) is 13.1 Å². The van der Waals surface area contributed by atoms with Crippen LogP contribution in [0.2, 0.25) is 5.02 Å². The Morgan fingerprint density at radius 1 is 1.47 bits per heavy atom. The predicted molar refractivity (Wildman–Crippen MR) is 68.9 cm³/mol. The van der Waals surface area contributed by atoms with Crippen LogP contribution in [0.25, 0.3) is 0 Å². The summed E-state index contributed by atoms with van der Waals surface area (Å²) in [5.41, 5.74) is 2.15. The van der Waals surface area contributed by atoms with Crippen molar-refractivity contribution in [1.29, 1.82) is 0 Å². The Morgan fingerprint density at radius 2 is 2.16 bits per heavy atom. The van der Waals surface area contributed by atoms with Gasteiger partial charge in [-0.1, -0.05) is 11.6 Å². The van der Waals surface area contributed by atoms with Crippen LogP contribution in [0.5, 0.6) is 0 Å². The zero-order valence-electron chi connectivity index (χ0n) is 10.4. The van der Waals surface area contributed by atoms with Gasteiger partial charge in [-0.15, -0.1) is 0 Å². The van der Waals surface area contributed by atoms with E-state index in [1.165, 1.54) is 10.9 Å². The molecule has 7 nitrogen and oxygen atoms in total. The Labute approximate surface area is 115 Å². The number of nitrogens with two attached hydrogens (primary N) is 1. The Hall–Kier alpha value is -1.60. The number of amides is 2. The lowest BCUT2D eigenvalue weighted by Crippen LogP contribution is -2.45. The second kappa shape index (κ2) is 6.03. The van der Waals surface area contributed by atoms with Crippen molar-refractivity contribution in [3.63, 3.8) is 0 Å². The molecule has 1 aliphatic rings. The Kier molecular flexibility index (Phi) is 4.39. The Morgan fingerprint density at radius 3 is 2.68 bits per heavy atom. The highest BCUT2D eigenvalue weighted by Gasteiger charge is 2.26. The number of halogens is 1. The van der Waals surface area contributed by atoms with E-state index in [4.69, 9.17) is 17.4 Å². The fourth-order valence-electron chi connectivity index (χ4n) is 2.17. The molecule has 0 bridgehead atoms. The van der Waals surface area contributed by atoms with Gasteiger partial charge in [0.05, 0.1) is 11.2 Å². The van der Waals surface area contributed by atoms with E-state index in [1.807, 2.05) is 0 Å². The normalized spacial score (nSPS) is 16.4. The van der Waals surface area contributed by atoms with Gasteiger partial charge in [0.1, 0.15) is 6.54 Å². The van der Waals surface area contributed by atoms with E-state index < -0.39 is 0 Å².